The molecule has 0 spiro atoms. The second-order valence-corrected chi connectivity index (χ2v) is 28.3. The van der Waals surface area contributed by atoms with Crippen LogP contribution in [-0.4, -0.2) is 81.1 Å². The molecule has 0 aliphatic heterocycles. The largest absolute Gasteiger partial charge is 0.0155 e. The first kappa shape index (κ1) is 41.6. The second kappa shape index (κ2) is 20.9. The summed E-state index contributed by atoms with van der Waals surface area (Å²) in [5.41, 5.74) is 4.58. The monoisotopic (exact) mass is 890 g/mol. The zero-order chi connectivity index (χ0) is 37.5. The third-order valence-corrected chi connectivity index (χ3v) is 14.9. The summed E-state index contributed by atoms with van der Waals surface area (Å²) >= 11 is 1.17. The molecule has 0 unspecified atom stereocenters. The molecule has 52 heavy (non-hydrogen) atoms. The van der Waals surface area contributed by atoms with E-state index < -0.39 is 18.4 Å². The number of halogens is 1. The average molecular weight is 890 g/mol. The Bertz CT molecular complexity index is 1710. The Morgan fingerprint density at radius 1 is 0.500 bits per heavy atom. The quantitative estimate of drug-likeness (QED) is 0.0568. The van der Waals surface area contributed by atoms with Gasteiger partial charge in [-0.1, -0.05) is 15.9 Å². The third-order valence-electron chi connectivity index (χ3n) is 8.14. The number of methoxy groups -OCH3 is 5. The molecule has 0 N–H and O–H groups in total. The fourth-order valence-electron chi connectivity index (χ4n) is 5.61. The zero-order valence-electron chi connectivity index (χ0n) is 31.5. The summed E-state index contributed by atoms with van der Waals surface area (Å²) in [6.45, 7) is 0.416. The Balaban J connectivity index is 1.56. The molecule has 4 aromatic rings. The molecule has 0 aromatic heterocycles. The maximum Gasteiger partial charge on any atom is -0.0155 e. The number of benzene rings is 4. The number of hydrogen-bond donors (Lipinski definition) is 0. The van der Waals surface area contributed by atoms with Gasteiger partial charge in [0, 0.05) is 25.8 Å². The van der Waals surface area contributed by atoms with Crippen LogP contribution in [0.25, 0.3) is 0 Å². The fraction of sp³-hybridized carbons (Fsp3) is 0.400. The van der Waals surface area contributed by atoms with Gasteiger partial charge >= 0.3 is 188 Å². The van der Waals surface area contributed by atoms with E-state index in [2.05, 4.69) is 55.0 Å². The topological polar surface area (TPSA) is 92.3 Å². The van der Waals surface area contributed by atoms with Crippen LogP contribution >= 0.6 is 15.9 Å². The van der Waals surface area contributed by atoms with Crippen LogP contribution in [0.4, 0.5) is 0 Å². The minimum absolute atomic E-state index is 0.0182. The summed E-state index contributed by atoms with van der Waals surface area (Å²) in [5, 5.41) is 0. The molecule has 0 atom stereocenters. The van der Waals surface area contributed by atoms with E-state index in [1.54, 1.807) is 35.5 Å². The SMILES string of the molecule is COCOc1ccc(Br)c(CCc2cc(OCOC)c(OCOC)c(Oc3ccc(CCc4cc(OC)c(OCOC)c[c]4[Sn]([CH3])([CH3])[CH3])cc3)c2)c1. The molecule has 0 heterocycles. The predicted octanol–water partition coefficient (Wildman–Crippen LogP) is 8.30. The summed E-state index contributed by atoms with van der Waals surface area (Å²) in [5.74, 6) is 4.27. The maximum absolute atomic E-state index is 6.49. The molecule has 0 fully saturated rings. The Morgan fingerprint density at radius 3 is 1.73 bits per heavy atom. The van der Waals surface area contributed by atoms with Crippen LogP contribution in [0.5, 0.6) is 40.2 Å². The van der Waals surface area contributed by atoms with Crippen molar-refractivity contribution < 1.29 is 47.4 Å². The van der Waals surface area contributed by atoms with Gasteiger partial charge in [0.2, 0.25) is 0 Å². The van der Waals surface area contributed by atoms with Gasteiger partial charge in [-0.2, -0.15) is 0 Å². The van der Waals surface area contributed by atoms with Gasteiger partial charge in [-0.25, -0.2) is 0 Å². The third kappa shape index (κ3) is 12.2. The molecular weight excluding hydrogens is 839 g/mol. The molecule has 0 saturated carbocycles. The van der Waals surface area contributed by atoms with Crippen LogP contribution in [0.1, 0.15) is 22.3 Å². The van der Waals surface area contributed by atoms with Crippen molar-refractivity contribution in [3.8, 4) is 40.2 Å². The molecule has 0 aliphatic carbocycles. The van der Waals surface area contributed by atoms with Crippen molar-refractivity contribution >= 4 is 37.9 Å². The molecule has 282 valence electrons. The van der Waals surface area contributed by atoms with Crippen LogP contribution in [0.2, 0.25) is 14.8 Å². The smallest absolute Gasteiger partial charge is 0.0155 e. The first-order chi connectivity index (χ1) is 25.1. The number of ether oxygens (including phenoxy) is 10. The second-order valence-electron chi connectivity index (χ2n) is 13.0. The summed E-state index contributed by atoms with van der Waals surface area (Å²) in [4.78, 5) is 7.23. The van der Waals surface area contributed by atoms with Crippen molar-refractivity contribution in [2.45, 2.75) is 40.5 Å². The van der Waals surface area contributed by atoms with Gasteiger partial charge in [0.25, 0.3) is 0 Å². The van der Waals surface area contributed by atoms with E-state index in [-0.39, 0.29) is 27.2 Å². The maximum atomic E-state index is 6.49. The molecule has 10 nitrogen and oxygen atoms in total. The van der Waals surface area contributed by atoms with Crippen LogP contribution in [0, 0.1) is 0 Å². The van der Waals surface area contributed by atoms with Crippen LogP contribution < -0.4 is 32.0 Å². The van der Waals surface area contributed by atoms with Crippen molar-refractivity contribution in [1.82, 2.24) is 0 Å². The first-order valence-electron chi connectivity index (χ1n) is 17.0. The van der Waals surface area contributed by atoms with Gasteiger partial charge in [-0.05, 0) is 42.7 Å². The van der Waals surface area contributed by atoms with E-state index in [9.17, 15) is 0 Å². The van der Waals surface area contributed by atoms with E-state index >= 15 is 0 Å². The molecule has 4 aromatic carbocycles. The van der Waals surface area contributed by atoms with E-state index in [4.69, 9.17) is 47.4 Å². The summed E-state index contributed by atoms with van der Waals surface area (Å²) in [6, 6.07) is 22.3. The summed E-state index contributed by atoms with van der Waals surface area (Å²) in [7, 11) is 8.03. The molecule has 0 bridgehead atoms. The first-order valence-corrected chi connectivity index (χ1v) is 27.8. The van der Waals surface area contributed by atoms with Crippen molar-refractivity contribution in [2.75, 3.05) is 62.7 Å². The van der Waals surface area contributed by atoms with Gasteiger partial charge in [0.1, 0.15) is 5.75 Å². The number of rotatable bonds is 22. The average Bonchev–Trinajstić information content (AvgIpc) is 3.14. The van der Waals surface area contributed by atoms with Crippen LogP contribution in [-0.2, 0) is 44.6 Å². The molecule has 0 aliphatic rings. The van der Waals surface area contributed by atoms with Crippen molar-refractivity contribution in [2.24, 2.45) is 0 Å². The number of aryl methyl sites for hydroxylation is 4. The van der Waals surface area contributed by atoms with Crippen molar-refractivity contribution in [3.63, 3.8) is 0 Å². The summed E-state index contributed by atoms with van der Waals surface area (Å²) in [6.07, 6.45) is 3.16. The van der Waals surface area contributed by atoms with Crippen LogP contribution in [0.3, 0.4) is 0 Å². The van der Waals surface area contributed by atoms with Gasteiger partial charge in [0.05, 0.1) is 0 Å². The van der Waals surface area contributed by atoms with Crippen molar-refractivity contribution in [3.05, 3.63) is 93.5 Å². The van der Waals surface area contributed by atoms with Crippen LogP contribution in [0.15, 0.2) is 71.2 Å². The minimum Gasteiger partial charge on any atom is -0.0155 e. The number of hydrogen-bond acceptors (Lipinski definition) is 10. The Kier molecular flexibility index (Phi) is 16.7. The Hall–Kier alpha value is -3.20. The predicted molar refractivity (Wildman–Crippen MR) is 208 cm³/mol. The molecule has 0 amide bonds. The molecule has 12 heteroatoms. The Morgan fingerprint density at radius 2 is 1.08 bits per heavy atom. The zero-order valence-corrected chi connectivity index (χ0v) is 35.9. The summed E-state index contributed by atoms with van der Waals surface area (Å²) < 4.78 is 58.7. The molecule has 0 saturated heterocycles. The van der Waals surface area contributed by atoms with E-state index in [0.717, 1.165) is 52.1 Å². The van der Waals surface area contributed by atoms with Gasteiger partial charge in [-0.15, -0.1) is 0 Å². The van der Waals surface area contributed by atoms with E-state index in [1.807, 2.05) is 42.5 Å². The van der Waals surface area contributed by atoms with Gasteiger partial charge in [-0.3, -0.25) is 0 Å². The van der Waals surface area contributed by atoms with Gasteiger partial charge in [0.15, 0.2) is 20.4 Å². The molecule has 4 rings (SSSR count). The Labute approximate surface area is 320 Å². The standard InChI is InChI=1S/C37H42BrO10.3CH3.Sn/c1-39-22-44-31-15-16-32(38)29(21-31)12-8-28-19-35(46-24-41-3)37(47-25-42-4)36(20-28)48-30-13-9-26(10-14-30)6-7-27-11-17-33(45-23-40-2)34(18-27)43-5;;;;/h9-10,13-21H,6-8,12,22-25H2,1-5H3;3*1H3;. The van der Waals surface area contributed by atoms with Crippen molar-refractivity contribution in [1.29, 1.82) is 0 Å². The van der Waals surface area contributed by atoms with E-state index in [1.165, 1.54) is 14.7 Å². The fourth-order valence-corrected chi connectivity index (χ4v) is 11.0. The van der Waals surface area contributed by atoms with Gasteiger partial charge < -0.3 is 23.7 Å². The van der Waals surface area contributed by atoms with E-state index in [0.29, 0.717) is 29.4 Å². The minimum atomic E-state index is -2.51. The normalized spacial score (nSPS) is 11.3. The molecule has 0 radical (unpaired) electrons. The molecular formula is C40H51BrO10Sn.